The molecule has 0 spiro atoms. The van der Waals surface area contributed by atoms with Gasteiger partial charge >= 0.3 is 0 Å². The van der Waals surface area contributed by atoms with E-state index in [0.717, 1.165) is 19.4 Å². The molecule has 0 radical (unpaired) electrons. The fraction of sp³-hybridized carbons (Fsp3) is 0.900. The third kappa shape index (κ3) is 3.14. The molecular weight excluding hydrogens is 202 g/mol. The van der Waals surface area contributed by atoms with Crippen LogP contribution in [0.25, 0.3) is 0 Å². The summed E-state index contributed by atoms with van der Waals surface area (Å²) in [7, 11) is 0. The summed E-state index contributed by atoms with van der Waals surface area (Å²) in [5.74, 6) is 0.00432. The van der Waals surface area contributed by atoms with Crippen molar-refractivity contribution >= 4 is 17.5 Å². The molecule has 0 aliphatic carbocycles. The van der Waals surface area contributed by atoms with Crippen molar-refractivity contribution in [3.8, 4) is 0 Å². The van der Waals surface area contributed by atoms with Gasteiger partial charge < -0.3 is 9.64 Å². The van der Waals surface area contributed by atoms with Gasteiger partial charge in [-0.05, 0) is 26.7 Å². The molecule has 2 unspecified atom stereocenters. The van der Waals surface area contributed by atoms with Gasteiger partial charge in [0, 0.05) is 19.7 Å². The van der Waals surface area contributed by atoms with Crippen LogP contribution in [0.2, 0.25) is 0 Å². The lowest BCUT2D eigenvalue weighted by molar-refractivity contribution is -0.131. The van der Waals surface area contributed by atoms with Gasteiger partial charge in [-0.3, -0.25) is 4.79 Å². The molecule has 1 aliphatic rings. The van der Waals surface area contributed by atoms with Crippen LogP contribution in [-0.2, 0) is 9.53 Å². The summed E-state index contributed by atoms with van der Waals surface area (Å²) in [5, 5.41) is -0.434. The molecule has 0 aromatic heterocycles. The zero-order valence-corrected chi connectivity index (χ0v) is 9.59. The monoisotopic (exact) mass is 219 g/mol. The number of hydrogen-bond acceptors (Lipinski definition) is 2. The van der Waals surface area contributed by atoms with E-state index in [0.29, 0.717) is 13.1 Å². The summed E-state index contributed by atoms with van der Waals surface area (Å²) in [4.78, 5) is 13.4. The molecule has 4 heteroatoms. The average Bonchev–Trinajstić information content (AvgIpc) is 2.65. The molecule has 1 rings (SSSR count). The maximum atomic E-state index is 11.6. The zero-order valence-electron chi connectivity index (χ0n) is 8.83. The molecule has 1 saturated heterocycles. The van der Waals surface area contributed by atoms with Crippen molar-refractivity contribution in [1.29, 1.82) is 0 Å². The van der Waals surface area contributed by atoms with E-state index >= 15 is 0 Å². The number of alkyl halides is 1. The zero-order chi connectivity index (χ0) is 10.6. The van der Waals surface area contributed by atoms with Crippen LogP contribution in [0.3, 0.4) is 0 Å². The van der Waals surface area contributed by atoms with Gasteiger partial charge in [0.15, 0.2) is 0 Å². The van der Waals surface area contributed by atoms with Crippen molar-refractivity contribution in [3.63, 3.8) is 0 Å². The topological polar surface area (TPSA) is 29.5 Å². The van der Waals surface area contributed by atoms with Gasteiger partial charge in [0.2, 0.25) is 5.91 Å². The summed E-state index contributed by atoms with van der Waals surface area (Å²) in [6, 6.07) is 0. The number of hydrogen-bond donors (Lipinski definition) is 0. The standard InChI is InChI=1S/C10H18ClNO2/c1-3-12(10(13)8(2)11)7-9-5-4-6-14-9/h8-9H,3-7H2,1-2H3. The van der Waals surface area contributed by atoms with Crippen molar-refractivity contribution in [3.05, 3.63) is 0 Å². The summed E-state index contributed by atoms with van der Waals surface area (Å²) < 4.78 is 5.48. The Hall–Kier alpha value is -0.280. The molecule has 14 heavy (non-hydrogen) atoms. The number of likely N-dealkylation sites (N-methyl/N-ethyl adjacent to an activating group) is 1. The molecule has 0 aromatic rings. The van der Waals surface area contributed by atoms with Crippen molar-refractivity contribution in [1.82, 2.24) is 4.90 Å². The smallest absolute Gasteiger partial charge is 0.240 e. The Bertz CT molecular complexity index is 191. The molecule has 1 heterocycles. The number of ether oxygens (including phenoxy) is 1. The molecule has 82 valence electrons. The third-order valence-corrected chi connectivity index (χ3v) is 2.67. The highest BCUT2D eigenvalue weighted by Crippen LogP contribution is 2.14. The van der Waals surface area contributed by atoms with E-state index in [4.69, 9.17) is 16.3 Å². The lowest BCUT2D eigenvalue weighted by atomic mass is 10.2. The van der Waals surface area contributed by atoms with Crippen LogP contribution in [0.1, 0.15) is 26.7 Å². The highest BCUT2D eigenvalue weighted by atomic mass is 35.5. The van der Waals surface area contributed by atoms with Gasteiger partial charge in [-0.2, -0.15) is 0 Å². The second-order valence-electron chi connectivity index (χ2n) is 3.63. The first-order valence-corrected chi connectivity index (χ1v) is 5.63. The molecule has 0 aromatic carbocycles. The maximum absolute atomic E-state index is 11.6. The Morgan fingerprint density at radius 2 is 2.43 bits per heavy atom. The van der Waals surface area contributed by atoms with Crippen LogP contribution in [0, 0.1) is 0 Å². The molecule has 0 N–H and O–H groups in total. The molecule has 1 aliphatic heterocycles. The van der Waals surface area contributed by atoms with Crippen LogP contribution in [0.4, 0.5) is 0 Å². The Morgan fingerprint density at radius 1 is 1.71 bits per heavy atom. The van der Waals surface area contributed by atoms with E-state index in [9.17, 15) is 4.79 Å². The number of rotatable bonds is 4. The number of nitrogens with zero attached hydrogens (tertiary/aromatic N) is 1. The van der Waals surface area contributed by atoms with E-state index in [1.807, 2.05) is 6.92 Å². The molecular formula is C10H18ClNO2. The van der Waals surface area contributed by atoms with Gasteiger partial charge in [-0.25, -0.2) is 0 Å². The normalized spacial score (nSPS) is 23.5. The fourth-order valence-corrected chi connectivity index (χ4v) is 1.80. The number of amides is 1. The van der Waals surface area contributed by atoms with Crippen molar-refractivity contribution in [2.24, 2.45) is 0 Å². The van der Waals surface area contributed by atoms with Crippen LogP contribution >= 0.6 is 11.6 Å². The van der Waals surface area contributed by atoms with Gasteiger partial charge in [0.05, 0.1) is 6.10 Å². The summed E-state index contributed by atoms with van der Waals surface area (Å²) in [6.45, 7) is 5.89. The SMILES string of the molecule is CCN(CC1CCCO1)C(=O)C(C)Cl. The molecule has 1 fully saturated rings. The van der Waals surface area contributed by atoms with E-state index in [1.165, 1.54) is 0 Å². The Morgan fingerprint density at radius 3 is 2.86 bits per heavy atom. The lowest BCUT2D eigenvalue weighted by Crippen LogP contribution is -2.40. The average molecular weight is 220 g/mol. The second kappa shape index (κ2) is 5.56. The predicted octanol–water partition coefficient (Wildman–Crippen LogP) is 1.64. The van der Waals surface area contributed by atoms with Gasteiger partial charge in [-0.1, -0.05) is 0 Å². The van der Waals surface area contributed by atoms with E-state index in [-0.39, 0.29) is 12.0 Å². The van der Waals surface area contributed by atoms with Crippen molar-refractivity contribution < 1.29 is 9.53 Å². The fourth-order valence-electron chi connectivity index (χ4n) is 1.66. The minimum atomic E-state index is -0.434. The molecule has 0 saturated carbocycles. The highest BCUT2D eigenvalue weighted by molar-refractivity contribution is 6.30. The van der Waals surface area contributed by atoms with Crippen LogP contribution in [0.5, 0.6) is 0 Å². The summed E-state index contributed by atoms with van der Waals surface area (Å²) >= 11 is 5.76. The van der Waals surface area contributed by atoms with Gasteiger partial charge in [0.1, 0.15) is 5.38 Å². The lowest BCUT2D eigenvalue weighted by Gasteiger charge is -2.24. The maximum Gasteiger partial charge on any atom is 0.240 e. The molecule has 1 amide bonds. The minimum Gasteiger partial charge on any atom is -0.376 e. The number of carbonyl (C=O) groups is 1. The highest BCUT2D eigenvalue weighted by Gasteiger charge is 2.23. The van der Waals surface area contributed by atoms with E-state index in [2.05, 4.69) is 0 Å². The van der Waals surface area contributed by atoms with Crippen LogP contribution in [-0.4, -0.2) is 42.0 Å². The molecule has 2 atom stereocenters. The first kappa shape index (κ1) is 11.8. The first-order valence-electron chi connectivity index (χ1n) is 5.19. The van der Waals surface area contributed by atoms with Crippen LogP contribution < -0.4 is 0 Å². The van der Waals surface area contributed by atoms with Crippen molar-refractivity contribution in [2.45, 2.75) is 38.2 Å². The van der Waals surface area contributed by atoms with E-state index < -0.39 is 5.38 Å². The molecule has 3 nitrogen and oxygen atoms in total. The second-order valence-corrected chi connectivity index (χ2v) is 4.28. The Balaban J connectivity index is 2.41. The first-order chi connectivity index (χ1) is 6.65. The summed E-state index contributed by atoms with van der Waals surface area (Å²) in [5.41, 5.74) is 0. The largest absolute Gasteiger partial charge is 0.376 e. The Kier molecular flexibility index (Phi) is 4.69. The van der Waals surface area contributed by atoms with Crippen molar-refractivity contribution in [2.75, 3.05) is 19.7 Å². The van der Waals surface area contributed by atoms with Crippen LogP contribution in [0.15, 0.2) is 0 Å². The number of halogens is 1. The van der Waals surface area contributed by atoms with Gasteiger partial charge in [-0.15, -0.1) is 11.6 Å². The predicted molar refractivity (Wildman–Crippen MR) is 56.5 cm³/mol. The van der Waals surface area contributed by atoms with E-state index in [1.54, 1.807) is 11.8 Å². The third-order valence-electron chi connectivity index (χ3n) is 2.48. The number of carbonyl (C=O) groups excluding carboxylic acids is 1. The quantitative estimate of drug-likeness (QED) is 0.673. The molecule has 0 bridgehead atoms. The Labute approximate surface area is 90.4 Å². The minimum absolute atomic E-state index is 0.00432. The summed E-state index contributed by atoms with van der Waals surface area (Å²) in [6.07, 6.45) is 2.38. The van der Waals surface area contributed by atoms with Gasteiger partial charge in [0.25, 0.3) is 0 Å².